The standard InChI is InChI=1S/C67H130O6/c1-6-8-9-10-11-12-13-14-15-16-17-21-27-32-37-42-47-52-57-65(68)71-60-64(61-72-66(69)58-53-48-43-38-33-28-24-23-26-31-36-41-46-51-56-63(5)7-2)73-67(70)59-54-49-44-39-34-29-22-19-18-20-25-30-35-40-45-50-55-62(3)4/h62-64H,6-61H2,1-5H3/t63?,64-/m0/s1. The lowest BCUT2D eigenvalue weighted by molar-refractivity contribution is -0.167. The van der Waals surface area contributed by atoms with Crippen molar-refractivity contribution < 1.29 is 28.6 Å². The topological polar surface area (TPSA) is 78.9 Å². The van der Waals surface area contributed by atoms with E-state index in [1.807, 2.05) is 0 Å². The van der Waals surface area contributed by atoms with Gasteiger partial charge in [0.1, 0.15) is 13.2 Å². The molecule has 0 aromatic heterocycles. The molecule has 73 heavy (non-hydrogen) atoms. The molecule has 0 spiro atoms. The molecule has 434 valence electrons. The van der Waals surface area contributed by atoms with Crippen LogP contribution in [0.2, 0.25) is 0 Å². The first-order valence-corrected chi connectivity index (χ1v) is 33.3. The number of carbonyl (C=O) groups is 3. The van der Waals surface area contributed by atoms with Crippen LogP contribution in [-0.4, -0.2) is 37.2 Å². The van der Waals surface area contributed by atoms with E-state index in [0.29, 0.717) is 19.3 Å². The Morgan fingerprint density at radius 2 is 0.521 bits per heavy atom. The Hall–Kier alpha value is -1.59. The van der Waals surface area contributed by atoms with Gasteiger partial charge in [-0.3, -0.25) is 14.4 Å². The monoisotopic (exact) mass is 1030 g/mol. The molecule has 0 aromatic carbocycles. The van der Waals surface area contributed by atoms with E-state index in [0.717, 1.165) is 69.6 Å². The van der Waals surface area contributed by atoms with Crippen LogP contribution in [0.5, 0.6) is 0 Å². The highest BCUT2D eigenvalue weighted by Gasteiger charge is 2.19. The van der Waals surface area contributed by atoms with Crippen LogP contribution >= 0.6 is 0 Å². The lowest BCUT2D eigenvalue weighted by atomic mass is 9.99. The van der Waals surface area contributed by atoms with Crippen molar-refractivity contribution in [3.63, 3.8) is 0 Å². The maximum atomic E-state index is 12.9. The van der Waals surface area contributed by atoms with Crippen LogP contribution in [0.15, 0.2) is 0 Å². The van der Waals surface area contributed by atoms with Crippen LogP contribution < -0.4 is 0 Å². The molecule has 0 amide bonds. The zero-order chi connectivity index (χ0) is 53.2. The van der Waals surface area contributed by atoms with Crippen molar-refractivity contribution in [2.45, 2.75) is 387 Å². The molecule has 0 aromatic rings. The van der Waals surface area contributed by atoms with Crippen LogP contribution in [0, 0.1) is 11.8 Å². The number of unbranched alkanes of at least 4 members (excludes halogenated alkanes) is 45. The minimum absolute atomic E-state index is 0.0615. The Morgan fingerprint density at radius 3 is 0.781 bits per heavy atom. The molecule has 0 radical (unpaired) electrons. The van der Waals surface area contributed by atoms with E-state index in [-0.39, 0.29) is 31.1 Å². The summed E-state index contributed by atoms with van der Waals surface area (Å²) in [7, 11) is 0. The number of rotatable bonds is 61. The summed E-state index contributed by atoms with van der Waals surface area (Å²) in [6.07, 6.45) is 66.7. The van der Waals surface area contributed by atoms with E-state index < -0.39 is 6.10 Å². The summed E-state index contributed by atoms with van der Waals surface area (Å²) in [5.74, 6) is 0.920. The summed E-state index contributed by atoms with van der Waals surface area (Å²) < 4.78 is 17.0. The molecule has 0 rings (SSSR count). The van der Waals surface area contributed by atoms with Crippen LogP contribution in [-0.2, 0) is 28.6 Å². The molecule has 0 fully saturated rings. The van der Waals surface area contributed by atoms with Crippen molar-refractivity contribution >= 4 is 17.9 Å². The summed E-state index contributed by atoms with van der Waals surface area (Å²) in [6, 6.07) is 0. The average molecular weight is 1030 g/mol. The maximum absolute atomic E-state index is 12.9. The van der Waals surface area contributed by atoms with Crippen molar-refractivity contribution in [1.29, 1.82) is 0 Å². The van der Waals surface area contributed by atoms with Crippen LogP contribution in [0.3, 0.4) is 0 Å². The van der Waals surface area contributed by atoms with E-state index in [9.17, 15) is 14.4 Å². The summed E-state index contributed by atoms with van der Waals surface area (Å²) in [6.45, 7) is 11.5. The highest BCUT2D eigenvalue weighted by Crippen LogP contribution is 2.20. The Kier molecular flexibility index (Phi) is 58.4. The smallest absolute Gasteiger partial charge is 0.306 e. The van der Waals surface area contributed by atoms with Gasteiger partial charge in [0, 0.05) is 19.3 Å². The number of hydrogen-bond acceptors (Lipinski definition) is 6. The predicted octanol–water partition coefficient (Wildman–Crippen LogP) is 22.4. The summed E-state index contributed by atoms with van der Waals surface area (Å²) >= 11 is 0. The van der Waals surface area contributed by atoms with Gasteiger partial charge in [0.2, 0.25) is 0 Å². The van der Waals surface area contributed by atoms with Gasteiger partial charge in [-0.2, -0.15) is 0 Å². The molecule has 0 heterocycles. The largest absolute Gasteiger partial charge is 0.462 e. The van der Waals surface area contributed by atoms with Gasteiger partial charge in [0.15, 0.2) is 6.10 Å². The minimum atomic E-state index is -0.764. The third kappa shape index (κ3) is 59.5. The Morgan fingerprint density at radius 1 is 0.288 bits per heavy atom. The van der Waals surface area contributed by atoms with Gasteiger partial charge in [0.05, 0.1) is 0 Å². The SMILES string of the molecule is CCCCCCCCCCCCCCCCCCCCC(=O)OC[C@@H](COC(=O)CCCCCCCCCCCCCCCCC(C)CC)OC(=O)CCCCCCCCCCCCCCCCCCC(C)C. The molecule has 1 unspecified atom stereocenters. The fourth-order valence-electron chi connectivity index (χ4n) is 10.4. The van der Waals surface area contributed by atoms with Crippen molar-refractivity contribution in [3.05, 3.63) is 0 Å². The minimum Gasteiger partial charge on any atom is -0.462 e. The van der Waals surface area contributed by atoms with Crippen molar-refractivity contribution in [2.75, 3.05) is 13.2 Å². The average Bonchev–Trinajstić information content (AvgIpc) is 3.38. The fourth-order valence-corrected chi connectivity index (χ4v) is 10.4. The van der Waals surface area contributed by atoms with Crippen molar-refractivity contribution in [3.8, 4) is 0 Å². The first-order valence-electron chi connectivity index (χ1n) is 33.3. The molecule has 0 N–H and O–H groups in total. The zero-order valence-corrected chi connectivity index (χ0v) is 50.3. The molecular formula is C67H130O6. The molecule has 0 bridgehead atoms. The quantitative estimate of drug-likeness (QED) is 0.0343. The number of hydrogen-bond donors (Lipinski definition) is 0. The second-order valence-corrected chi connectivity index (χ2v) is 23.8. The number of carbonyl (C=O) groups excluding carboxylic acids is 3. The maximum Gasteiger partial charge on any atom is 0.306 e. The molecule has 0 aliphatic rings. The second-order valence-electron chi connectivity index (χ2n) is 23.8. The molecule has 6 heteroatoms. The van der Waals surface area contributed by atoms with E-state index in [1.54, 1.807) is 0 Å². The predicted molar refractivity (Wildman–Crippen MR) is 316 cm³/mol. The number of esters is 3. The lowest BCUT2D eigenvalue weighted by Crippen LogP contribution is -2.30. The van der Waals surface area contributed by atoms with Crippen LogP contribution in [0.25, 0.3) is 0 Å². The van der Waals surface area contributed by atoms with Crippen LogP contribution in [0.1, 0.15) is 381 Å². The van der Waals surface area contributed by atoms with Gasteiger partial charge in [0.25, 0.3) is 0 Å². The first-order chi connectivity index (χ1) is 35.8. The second kappa shape index (κ2) is 59.7. The molecule has 0 saturated carbocycles. The fraction of sp³-hybridized carbons (Fsp3) is 0.955. The van der Waals surface area contributed by atoms with Gasteiger partial charge in [-0.05, 0) is 31.1 Å². The molecular weight excluding hydrogens is 901 g/mol. The Labute approximate surface area is 457 Å². The van der Waals surface area contributed by atoms with Crippen LogP contribution in [0.4, 0.5) is 0 Å². The van der Waals surface area contributed by atoms with E-state index in [2.05, 4.69) is 34.6 Å². The Balaban J connectivity index is 4.29. The molecule has 0 saturated heterocycles. The van der Waals surface area contributed by atoms with Gasteiger partial charge in [-0.15, -0.1) is 0 Å². The zero-order valence-electron chi connectivity index (χ0n) is 50.3. The van der Waals surface area contributed by atoms with E-state index in [4.69, 9.17) is 14.2 Å². The lowest BCUT2D eigenvalue weighted by Gasteiger charge is -2.18. The molecule has 6 nitrogen and oxygen atoms in total. The first kappa shape index (κ1) is 71.4. The summed E-state index contributed by atoms with van der Waals surface area (Å²) in [5, 5.41) is 0. The van der Waals surface area contributed by atoms with E-state index in [1.165, 1.54) is 270 Å². The van der Waals surface area contributed by atoms with Crippen molar-refractivity contribution in [1.82, 2.24) is 0 Å². The highest BCUT2D eigenvalue weighted by molar-refractivity contribution is 5.71. The molecule has 2 atom stereocenters. The third-order valence-corrected chi connectivity index (χ3v) is 15.8. The molecule has 0 aliphatic carbocycles. The molecule has 0 aliphatic heterocycles. The summed E-state index contributed by atoms with van der Waals surface area (Å²) in [5.41, 5.74) is 0. The van der Waals surface area contributed by atoms with E-state index >= 15 is 0 Å². The normalized spacial score (nSPS) is 12.4. The van der Waals surface area contributed by atoms with Gasteiger partial charge in [-0.1, -0.05) is 343 Å². The Bertz CT molecular complexity index is 1120. The van der Waals surface area contributed by atoms with Gasteiger partial charge >= 0.3 is 17.9 Å². The highest BCUT2D eigenvalue weighted by atomic mass is 16.6. The van der Waals surface area contributed by atoms with Gasteiger partial charge in [-0.25, -0.2) is 0 Å². The summed E-state index contributed by atoms with van der Waals surface area (Å²) in [4.78, 5) is 38.4. The third-order valence-electron chi connectivity index (χ3n) is 15.8. The van der Waals surface area contributed by atoms with Crippen molar-refractivity contribution in [2.24, 2.45) is 11.8 Å². The van der Waals surface area contributed by atoms with Gasteiger partial charge < -0.3 is 14.2 Å². The number of ether oxygens (including phenoxy) is 3.